The molecule has 1 aromatic heterocycles. The van der Waals surface area contributed by atoms with Gasteiger partial charge >= 0.3 is 0 Å². The van der Waals surface area contributed by atoms with Gasteiger partial charge in [-0.1, -0.05) is 31.9 Å². The van der Waals surface area contributed by atoms with Crippen molar-refractivity contribution in [1.29, 1.82) is 0 Å². The van der Waals surface area contributed by atoms with Gasteiger partial charge in [-0.05, 0) is 12.8 Å². The molecule has 0 atom stereocenters. The zero-order valence-electron chi connectivity index (χ0n) is 10.5. The summed E-state index contributed by atoms with van der Waals surface area (Å²) in [5.74, 6) is 0.812. The van der Waals surface area contributed by atoms with Crippen LogP contribution in [0.1, 0.15) is 32.3 Å². The molecule has 0 amide bonds. The van der Waals surface area contributed by atoms with E-state index in [2.05, 4.69) is 22.2 Å². The highest BCUT2D eigenvalue weighted by molar-refractivity contribution is 6.30. The van der Waals surface area contributed by atoms with E-state index in [4.69, 9.17) is 16.3 Å². The third-order valence-electron chi connectivity index (χ3n) is 2.43. The minimum Gasteiger partial charge on any atom is -0.380 e. The molecule has 96 valence electrons. The predicted molar refractivity (Wildman–Crippen MR) is 70.6 cm³/mol. The van der Waals surface area contributed by atoms with E-state index in [1.165, 1.54) is 6.33 Å². The summed E-state index contributed by atoms with van der Waals surface area (Å²) in [5, 5.41) is 3.75. The number of hydrogen-bond donors (Lipinski definition) is 1. The number of unbranched alkanes of at least 4 members (excludes halogenated alkanes) is 1. The molecule has 0 aliphatic carbocycles. The van der Waals surface area contributed by atoms with Crippen molar-refractivity contribution in [3.8, 4) is 0 Å². The second-order valence-electron chi connectivity index (χ2n) is 3.74. The lowest BCUT2D eigenvalue weighted by Crippen LogP contribution is -2.12. The molecule has 1 heterocycles. The van der Waals surface area contributed by atoms with Crippen LogP contribution in [0.5, 0.6) is 0 Å². The summed E-state index contributed by atoms with van der Waals surface area (Å²) in [6, 6.07) is 0. The maximum atomic E-state index is 5.99. The lowest BCUT2D eigenvalue weighted by Gasteiger charge is -2.10. The van der Waals surface area contributed by atoms with Crippen molar-refractivity contribution in [2.45, 2.75) is 33.1 Å². The molecule has 5 heteroatoms. The standard InChI is InChI=1S/C12H20ClN3O/c1-3-5-7-17-8-6-14-12-10(4-2)11(13)15-9-16-12/h9H,3-8H2,1-2H3,(H,14,15,16). The summed E-state index contributed by atoms with van der Waals surface area (Å²) in [5.41, 5.74) is 0.961. The summed E-state index contributed by atoms with van der Waals surface area (Å²) >= 11 is 5.99. The average molecular weight is 258 g/mol. The van der Waals surface area contributed by atoms with Crippen LogP contribution in [0.3, 0.4) is 0 Å². The van der Waals surface area contributed by atoms with Gasteiger partial charge in [-0.25, -0.2) is 9.97 Å². The van der Waals surface area contributed by atoms with Crippen LogP contribution >= 0.6 is 11.6 Å². The minimum atomic E-state index is 0.525. The first kappa shape index (κ1) is 14.2. The summed E-state index contributed by atoms with van der Waals surface area (Å²) in [6.07, 6.45) is 4.56. The second kappa shape index (κ2) is 8.25. The molecule has 0 aromatic carbocycles. The van der Waals surface area contributed by atoms with E-state index in [1.807, 2.05) is 6.92 Å². The number of halogens is 1. The van der Waals surface area contributed by atoms with Gasteiger partial charge in [0, 0.05) is 18.7 Å². The van der Waals surface area contributed by atoms with Gasteiger partial charge in [-0.15, -0.1) is 0 Å². The molecule has 0 bridgehead atoms. The highest BCUT2D eigenvalue weighted by atomic mass is 35.5. The SMILES string of the molecule is CCCCOCCNc1ncnc(Cl)c1CC. The van der Waals surface area contributed by atoms with E-state index < -0.39 is 0 Å². The Labute approximate surface area is 108 Å². The molecular weight excluding hydrogens is 238 g/mol. The Bertz CT molecular complexity index is 334. The number of rotatable bonds is 8. The molecule has 0 aliphatic rings. The van der Waals surface area contributed by atoms with Crippen molar-refractivity contribution >= 4 is 17.4 Å². The fraction of sp³-hybridized carbons (Fsp3) is 0.667. The zero-order valence-corrected chi connectivity index (χ0v) is 11.3. The van der Waals surface area contributed by atoms with Crippen molar-refractivity contribution in [2.75, 3.05) is 25.1 Å². The molecule has 0 aliphatic heterocycles. The summed E-state index contributed by atoms with van der Waals surface area (Å²) in [6.45, 7) is 6.43. The van der Waals surface area contributed by atoms with Crippen LogP contribution in [0.15, 0.2) is 6.33 Å². The Morgan fingerprint density at radius 2 is 2.12 bits per heavy atom. The number of nitrogens with zero attached hydrogens (tertiary/aromatic N) is 2. The Balaban J connectivity index is 2.33. The number of aromatic nitrogens is 2. The Hall–Kier alpha value is -0.870. The fourth-order valence-corrected chi connectivity index (χ4v) is 1.71. The van der Waals surface area contributed by atoms with Gasteiger partial charge in [-0.2, -0.15) is 0 Å². The average Bonchev–Trinajstić information content (AvgIpc) is 2.34. The van der Waals surface area contributed by atoms with Crippen LogP contribution in [0, 0.1) is 0 Å². The lowest BCUT2D eigenvalue weighted by atomic mass is 10.2. The number of nitrogens with one attached hydrogen (secondary N) is 1. The van der Waals surface area contributed by atoms with Gasteiger partial charge in [0.15, 0.2) is 0 Å². The first-order valence-corrected chi connectivity index (χ1v) is 6.48. The van der Waals surface area contributed by atoms with Crippen LogP contribution in [-0.2, 0) is 11.2 Å². The molecule has 1 rings (SSSR count). The van der Waals surface area contributed by atoms with E-state index in [0.29, 0.717) is 11.8 Å². The third-order valence-corrected chi connectivity index (χ3v) is 2.75. The van der Waals surface area contributed by atoms with Crippen molar-refractivity contribution in [1.82, 2.24) is 9.97 Å². The van der Waals surface area contributed by atoms with Crippen molar-refractivity contribution in [3.63, 3.8) is 0 Å². The van der Waals surface area contributed by atoms with Gasteiger partial charge < -0.3 is 10.1 Å². The topological polar surface area (TPSA) is 47.0 Å². The van der Waals surface area contributed by atoms with Crippen LogP contribution in [0.4, 0.5) is 5.82 Å². The Kier molecular flexibility index (Phi) is 6.89. The van der Waals surface area contributed by atoms with E-state index in [9.17, 15) is 0 Å². The maximum absolute atomic E-state index is 5.99. The van der Waals surface area contributed by atoms with E-state index >= 15 is 0 Å². The first-order chi connectivity index (χ1) is 8.29. The van der Waals surface area contributed by atoms with E-state index in [1.54, 1.807) is 0 Å². The summed E-state index contributed by atoms with van der Waals surface area (Å²) < 4.78 is 5.46. The Morgan fingerprint density at radius 1 is 1.29 bits per heavy atom. The number of ether oxygens (including phenoxy) is 1. The molecule has 4 nitrogen and oxygen atoms in total. The van der Waals surface area contributed by atoms with Gasteiger partial charge in [0.25, 0.3) is 0 Å². The maximum Gasteiger partial charge on any atom is 0.137 e. The smallest absolute Gasteiger partial charge is 0.137 e. The molecule has 1 aromatic rings. The molecule has 0 spiro atoms. The first-order valence-electron chi connectivity index (χ1n) is 6.10. The predicted octanol–water partition coefficient (Wildman–Crippen LogP) is 2.92. The summed E-state index contributed by atoms with van der Waals surface area (Å²) in [4.78, 5) is 8.14. The van der Waals surface area contributed by atoms with Gasteiger partial charge in [-0.3, -0.25) is 0 Å². The van der Waals surface area contributed by atoms with Gasteiger partial charge in [0.05, 0.1) is 6.61 Å². The van der Waals surface area contributed by atoms with Crippen LogP contribution in [-0.4, -0.2) is 29.7 Å². The minimum absolute atomic E-state index is 0.525. The summed E-state index contributed by atoms with van der Waals surface area (Å²) in [7, 11) is 0. The van der Waals surface area contributed by atoms with Gasteiger partial charge in [0.1, 0.15) is 17.3 Å². The van der Waals surface area contributed by atoms with Crippen LogP contribution in [0.2, 0.25) is 5.15 Å². The quantitative estimate of drug-likeness (QED) is 0.575. The molecule has 0 fully saturated rings. The molecule has 0 saturated heterocycles. The van der Waals surface area contributed by atoms with E-state index in [-0.39, 0.29) is 0 Å². The normalized spacial score (nSPS) is 10.5. The van der Waals surface area contributed by atoms with Gasteiger partial charge in [0.2, 0.25) is 0 Å². The van der Waals surface area contributed by atoms with Crippen LogP contribution < -0.4 is 5.32 Å². The van der Waals surface area contributed by atoms with Crippen molar-refractivity contribution in [2.24, 2.45) is 0 Å². The molecule has 17 heavy (non-hydrogen) atoms. The molecular formula is C12H20ClN3O. The molecule has 0 saturated carbocycles. The van der Waals surface area contributed by atoms with E-state index in [0.717, 1.165) is 43.8 Å². The number of anilines is 1. The second-order valence-corrected chi connectivity index (χ2v) is 4.10. The fourth-order valence-electron chi connectivity index (χ4n) is 1.45. The third kappa shape index (κ3) is 4.88. The van der Waals surface area contributed by atoms with Crippen molar-refractivity contribution < 1.29 is 4.74 Å². The lowest BCUT2D eigenvalue weighted by molar-refractivity contribution is 0.141. The molecule has 1 N–H and O–H groups in total. The number of hydrogen-bond acceptors (Lipinski definition) is 4. The molecule has 0 unspecified atom stereocenters. The van der Waals surface area contributed by atoms with Crippen molar-refractivity contribution in [3.05, 3.63) is 17.0 Å². The highest BCUT2D eigenvalue weighted by Gasteiger charge is 2.06. The van der Waals surface area contributed by atoms with Crippen LogP contribution in [0.25, 0.3) is 0 Å². The molecule has 0 radical (unpaired) electrons. The highest BCUT2D eigenvalue weighted by Crippen LogP contribution is 2.19. The monoisotopic (exact) mass is 257 g/mol. The largest absolute Gasteiger partial charge is 0.380 e. The Morgan fingerprint density at radius 3 is 2.82 bits per heavy atom. The zero-order chi connectivity index (χ0) is 12.5.